The fraction of sp³-hybridized carbons (Fsp3) is 0.375. The van der Waals surface area contributed by atoms with E-state index in [1.165, 1.54) is 22.7 Å². The Kier molecular flexibility index (Phi) is 9.86. The number of carboxylic acids is 1. The molecule has 0 radical (unpaired) electrons. The van der Waals surface area contributed by atoms with Crippen LogP contribution in [0.3, 0.4) is 0 Å². The zero-order valence-corrected chi connectivity index (χ0v) is 25.9. The van der Waals surface area contributed by atoms with Gasteiger partial charge in [-0.1, -0.05) is 43.2 Å². The molecule has 0 amide bonds. The standard InChI is InChI=1S/C32H35F3N6O3S/c1-31(2,30(42)43)20-40-18-8-4-3-5-10-22-11-6-7-12-23(22)29-24(41-19-17-27(38-41)44-21-32(33,34)35)15-16-25(36-29)39-45-28-14-9-13-26(40)37-28/h6-7,9,11-17,19H,3-5,8,10,18,20-21H2,1-2H3,(H,36,39)(H,42,43). The van der Waals surface area contributed by atoms with Crippen LogP contribution in [0.25, 0.3) is 16.9 Å². The first kappa shape index (κ1) is 32.1. The summed E-state index contributed by atoms with van der Waals surface area (Å²) in [6, 6.07) is 18.6. The maximum absolute atomic E-state index is 12.7. The summed E-state index contributed by atoms with van der Waals surface area (Å²) < 4.78 is 47.8. The third-order valence-electron chi connectivity index (χ3n) is 7.42. The maximum Gasteiger partial charge on any atom is 0.422 e. The number of carboxylic acid groups (broad SMARTS) is 1. The minimum atomic E-state index is -4.47. The van der Waals surface area contributed by atoms with Gasteiger partial charge in [0.15, 0.2) is 6.61 Å². The molecule has 0 fully saturated rings. The van der Waals surface area contributed by atoms with Crippen molar-refractivity contribution < 1.29 is 27.8 Å². The molecule has 0 spiro atoms. The van der Waals surface area contributed by atoms with Crippen molar-refractivity contribution in [3.8, 4) is 22.8 Å². The average molecular weight is 641 g/mol. The van der Waals surface area contributed by atoms with Gasteiger partial charge in [0.1, 0.15) is 16.7 Å². The fourth-order valence-corrected chi connectivity index (χ4v) is 5.68. The first-order valence-electron chi connectivity index (χ1n) is 14.7. The van der Waals surface area contributed by atoms with Crippen LogP contribution >= 0.6 is 11.9 Å². The number of nitrogens with one attached hydrogen (secondary N) is 1. The predicted molar refractivity (Wildman–Crippen MR) is 168 cm³/mol. The topological polar surface area (TPSA) is 105 Å². The van der Waals surface area contributed by atoms with Gasteiger partial charge in [0.2, 0.25) is 5.88 Å². The van der Waals surface area contributed by atoms with E-state index in [0.717, 1.165) is 43.2 Å². The lowest BCUT2D eigenvalue weighted by Crippen LogP contribution is -2.40. The Balaban J connectivity index is 1.49. The number of carbonyl (C=O) groups is 1. The molecule has 4 heterocycles. The van der Waals surface area contributed by atoms with Crippen molar-refractivity contribution >= 4 is 29.6 Å². The highest BCUT2D eigenvalue weighted by atomic mass is 32.2. The molecule has 13 heteroatoms. The van der Waals surface area contributed by atoms with Crippen LogP contribution in [0.1, 0.15) is 45.1 Å². The van der Waals surface area contributed by atoms with Gasteiger partial charge in [0.25, 0.3) is 0 Å². The molecule has 1 aliphatic rings. The van der Waals surface area contributed by atoms with Crippen LogP contribution in [0.4, 0.5) is 24.8 Å². The number of ether oxygens (including phenoxy) is 1. The summed E-state index contributed by atoms with van der Waals surface area (Å²) in [5, 5.41) is 14.7. The molecule has 3 aromatic heterocycles. The van der Waals surface area contributed by atoms with Crippen LogP contribution in [-0.2, 0) is 11.2 Å². The van der Waals surface area contributed by atoms with Crippen molar-refractivity contribution in [2.75, 3.05) is 29.3 Å². The molecule has 238 valence electrons. The number of aryl methyl sites for hydroxylation is 1. The van der Waals surface area contributed by atoms with Crippen molar-refractivity contribution in [1.29, 1.82) is 0 Å². The third kappa shape index (κ3) is 8.47. The van der Waals surface area contributed by atoms with Crippen molar-refractivity contribution in [3.05, 3.63) is 72.4 Å². The number of hydrogen-bond donors (Lipinski definition) is 2. The first-order valence-corrected chi connectivity index (χ1v) is 15.5. The van der Waals surface area contributed by atoms with Gasteiger partial charge in [-0.15, -0.1) is 5.10 Å². The predicted octanol–water partition coefficient (Wildman–Crippen LogP) is 7.42. The van der Waals surface area contributed by atoms with E-state index >= 15 is 0 Å². The van der Waals surface area contributed by atoms with E-state index in [0.29, 0.717) is 41.1 Å². The molecular weight excluding hydrogens is 605 g/mol. The lowest BCUT2D eigenvalue weighted by molar-refractivity contribution is -0.154. The molecule has 0 unspecified atom stereocenters. The van der Waals surface area contributed by atoms with Gasteiger partial charge in [0, 0.05) is 42.9 Å². The second-order valence-electron chi connectivity index (χ2n) is 11.5. The number of rotatable bonds is 6. The highest BCUT2D eigenvalue weighted by Gasteiger charge is 2.31. The molecule has 5 rings (SSSR count). The Morgan fingerprint density at radius 3 is 2.60 bits per heavy atom. The smallest absolute Gasteiger partial charge is 0.422 e. The summed E-state index contributed by atoms with van der Waals surface area (Å²) in [6.07, 6.45) is 1.66. The number of hydrogen-bond acceptors (Lipinski definition) is 8. The Bertz CT molecular complexity index is 1630. The Morgan fingerprint density at radius 1 is 1.00 bits per heavy atom. The van der Waals surface area contributed by atoms with Crippen molar-refractivity contribution in [1.82, 2.24) is 19.7 Å². The van der Waals surface area contributed by atoms with Gasteiger partial charge in [-0.25, -0.2) is 14.6 Å². The minimum absolute atomic E-state index is 0.137. The summed E-state index contributed by atoms with van der Waals surface area (Å²) in [4.78, 5) is 23.7. The molecular formula is C32H35F3N6O3S. The van der Waals surface area contributed by atoms with Crippen molar-refractivity contribution in [2.24, 2.45) is 5.41 Å². The van der Waals surface area contributed by atoms with Crippen molar-refractivity contribution in [2.45, 2.75) is 57.2 Å². The number of halogens is 3. The largest absolute Gasteiger partial charge is 0.481 e. The summed E-state index contributed by atoms with van der Waals surface area (Å²) in [5.41, 5.74) is 2.26. The fourth-order valence-electron chi connectivity index (χ4n) is 5.07. The van der Waals surface area contributed by atoms with E-state index in [1.807, 2.05) is 47.4 Å². The quantitative estimate of drug-likeness (QED) is 0.208. The Morgan fingerprint density at radius 2 is 1.80 bits per heavy atom. The van der Waals surface area contributed by atoms with E-state index in [-0.39, 0.29) is 5.88 Å². The van der Waals surface area contributed by atoms with Crippen LogP contribution in [0.2, 0.25) is 0 Å². The van der Waals surface area contributed by atoms with Crippen molar-refractivity contribution in [3.63, 3.8) is 0 Å². The zero-order chi connectivity index (χ0) is 32.0. The van der Waals surface area contributed by atoms with Gasteiger partial charge in [-0.3, -0.25) is 4.79 Å². The van der Waals surface area contributed by atoms with Gasteiger partial charge >= 0.3 is 12.1 Å². The number of anilines is 2. The molecule has 45 heavy (non-hydrogen) atoms. The van der Waals surface area contributed by atoms with Crippen LogP contribution in [0.15, 0.2) is 71.9 Å². The number of aliphatic carboxylic acids is 1. The second kappa shape index (κ2) is 13.8. The number of alkyl halides is 3. The monoisotopic (exact) mass is 640 g/mol. The summed E-state index contributed by atoms with van der Waals surface area (Å²) in [5.74, 6) is 0.262. The van der Waals surface area contributed by atoms with Crippen LogP contribution in [0, 0.1) is 5.41 Å². The molecule has 1 aromatic carbocycles. The number of benzene rings is 1. The van der Waals surface area contributed by atoms with E-state index in [9.17, 15) is 23.1 Å². The minimum Gasteiger partial charge on any atom is -0.481 e. The Hall–Kier alpha value is -4.26. The second-order valence-corrected chi connectivity index (χ2v) is 12.4. The lowest BCUT2D eigenvalue weighted by atomic mass is 9.93. The summed E-state index contributed by atoms with van der Waals surface area (Å²) in [7, 11) is 0. The van der Waals surface area contributed by atoms with Gasteiger partial charge in [-0.05, 0) is 62.9 Å². The molecule has 0 aliphatic carbocycles. The molecule has 4 aromatic rings. The number of nitrogens with zero attached hydrogens (tertiary/aromatic N) is 5. The average Bonchev–Trinajstić information content (AvgIpc) is 3.48. The van der Waals surface area contributed by atoms with Crippen LogP contribution in [0.5, 0.6) is 5.88 Å². The van der Waals surface area contributed by atoms with E-state index in [2.05, 4.69) is 15.9 Å². The molecule has 0 saturated heterocycles. The molecule has 1 aliphatic heterocycles. The van der Waals surface area contributed by atoms with Crippen LogP contribution < -0.4 is 14.4 Å². The summed E-state index contributed by atoms with van der Waals surface area (Å²) in [6.45, 7) is 3.03. The molecule has 0 saturated carbocycles. The highest BCUT2D eigenvalue weighted by Crippen LogP contribution is 2.33. The highest BCUT2D eigenvalue weighted by molar-refractivity contribution is 8.00. The van der Waals surface area contributed by atoms with E-state index < -0.39 is 24.2 Å². The number of aromatic nitrogens is 4. The molecule has 9 nitrogen and oxygen atoms in total. The van der Waals surface area contributed by atoms with E-state index in [1.54, 1.807) is 26.1 Å². The number of pyridine rings is 2. The van der Waals surface area contributed by atoms with E-state index in [4.69, 9.17) is 14.7 Å². The summed E-state index contributed by atoms with van der Waals surface area (Å²) >= 11 is 1.28. The molecule has 0 atom stereocenters. The maximum atomic E-state index is 12.7. The van der Waals surface area contributed by atoms with Gasteiger partial charge < -0.3 is 19.5 Å². The Labute approximate surface area is 264 Å². The van der Waals surface area contributed by atoms with Gasteiger partial charge in [-0.2, -0.15) is 13.2 Å². The molecule has 4 bridgehead atoms. The third-order valence-corrected chi connectivity index (χ3v) is 8.17. The van der Waals surface area contributed by atoms with Crippen LogP contribution in [-0.4, -0.2) is 56.7 Å². The molecule has 2 N–H and O–H groups in total. The number of fused-ring (bicyclic) bond motifs is 6. The first-order chi connectivity index (χ1) is 21.5. The SMILES string of the molecule is CC(C)(CN1CCCCCCc2ccccc2-c2nc(ccc2-n2ccc(OCC(F)(F)F)n2)NSc2cccc1n2)C(=O)O. The lowest BCUT2D eigenvalue weighted by Gasteiger charge is -2.31. The normalized spacial score (nSPS) is 14.6. The zero-order valence-electron chi connectivity index (χ0n) is 25.0. The van der Waals surface area contributed by atoms with Gasteiger partial charge in [0.05, 0.1) is 16.8 Å².